The molecule has 32 heavy (non-hydrogen) atoms. The van der Waals surface area contributed by atoms with E-state index in [0.29, 0.717) is 19.1 Å². The molecule has 1 aromatic carbocycles. The highest BCUT2D eigenvalue weighted by Crippen LogP contribution is 2.36. The van der Waals surface area contributed by atoms with Crippen LogP contribution in [-0.2, 0) is 9.47 Å². The number of aromatic nitrogens is 1. The molecular formula is C26H34N2O4. The highest BCUT2D eigenvalue weighted by Gasteiger charge is 2.38. The third kappa shape index (κ3) is 5.07. The Labute approximate surface area is 189 Å². The summed E-state index contributed by atoms with van der Waals surface area (Å²) in [6.45, 7) is 3.11. The summed E-state index contributed by atoms with van der Waals surface area (Å²) in [7, 11) is 1.42. The molecule has 1 aliphatic heterocycles. The summed E-state index contributed by atoms with van der Waals surface area (Å²) in [5.41, 5.74) is 3.25. The van der Waals surface area contributed by atoms with Gasteiger partial charge in [0.15, 0.2) is 0 Å². The van der Waals surface area contributed by atoms with E-state index in [9.17, 15) is 9.59 Å². The lowest BCUT2D eigenvalue weighted by atomic mass is 9.82. The van der Waals surface area contributed by atoms with Gasteiger partial charge < -0.3 is 19.4 Å². The van der Waals surface area contributed by atoms with Gasteiger partial charge in [-0.25, -0.2) is 4.79 Å². The Bertz CT molecular complexity index is 950. The topological polar surface area (TPSA) is 71.6 Å². The van der Waals surface area contributed by atoms with E-state index in [1.54, 1.807) is 11.0 Å². The Morgan fingerprint density at radius 3 is 2.53 bits per heavy atom. The van der Waals surface area contributed by atoms with Crippen LogP contribution < -0.4 is 5.56 Å². The number of pyridine rings is 1. The maximum absolute atomic E-state index is 12.5. The monoisotopic (exact) mass is 438 g/mol. The standard InChI is InChI=1S/C26H34N2O4/c1-18-10-15-24(29)27-25(18)22-9-6-16-28(26(30)31-2)23(22)17-32-21-13-11-20(12-14-21)19-7-4-3-5-8-19/h3-5,7-8,10,15,20-23H,6,9,11-14,16-17H2,1-2H3,(H,27,29)/t20?,21?,22-,23-/m0/s1. The van der Waals surface area contributed by atoms with Gasteiger partial charge in [0.05, 0.1) is 25.9 Å². The molecular weight excluding hydrogens is 404 g/mol. The number of nitrogens with zero attached hydrogens (tertiary/aromatic N) is 1. The fourth-order valence-corrected chi connectivity index (χ4v) is 5.42. The summed E-state index contributed by atoms with van der Waals surface area (Å²) in [4.78, 5) is 29.4. The summed E-state index contributed by atoms with van der Waals surface area (Å²) in [6.07, 6.45) is 5.94. The number of hydrogen-bond donors (Lipinski definition) is 1. The van der Waals surface area contributed by atoms with Gasteiger partial charge in [-0.1, -0.05) is 36.4 Å². The van der Waals surface area contributed by atoms with Crippen molar-refractivity contribution in [2.45, 2.75) is 69.4 Å². The molecule has 6 nitrogen and oxygen atoms in total. The van der Waals surface area contributed by atoms with Crippen LogP contribution in [-0.4, -0.2) is 48.4 Å². The van der Waals surface area contributed by atoms with Crippen molar-refractivity contribution in [1.82, 2.24) is 9.88 Å². The van der Waals surface area contributed by atoms with Gasteiger partial charge in [0.25, 0.3) is 0 Å². The molecule has 0 radical (unpaired) electrons. The van der Waals surface area contributed by atoms with Crippen molar-refractivity contribution in [1.29, 1.82) is 0 Å². The minimum absolute atomic E-state index is 0.0254. The maximum Gasteiger partial charge on any atom is 0.409 e. The molecule has 0 bridgehead atoms. The average molecular weight is 439 g/mol. The second kappa shape index (κ2) is 10.3. The second-order valence-corrected chi connectivity index (χ2v) is 9.12. The lowest BCUT2D eigenvalue weighted by Gasteiger charge is -2.41. The van der Waals surface area contributed by atoms with E-state index < -0.39 is 0 Å². The van der Waals surface area contributed by atoms with Crippen molar-refractivity contribution in [2.75, 3.05) is 20.3 Å². The van der Waals surface area contributed by atoms with Gasteiger partial charge in [-0.2, -0.15) is 0 Å². The molecule has 1 aliphatic carbocycles. The van der Waals surface area contributed by atoms with Gasteiger partial charge >= 0.3 is 6.09 Å². The molecule has 1 saturated carbocycles. The Morgan fingerprint density at radius 1 is 1.06 bits per heavy atom. The molecule has 2 aromatic rings. The number of carbonyl (C=O) groups is 1. The van der Waals surface area contributed by atoms with E-state index in [0.717, 1.165) is 49.8 Å². The van der Waals surface area contributed by atoms with Crippen LogP contribution in [0.25, 0.3) is 0 Å². The quantitative estimate of drug-likeness (QED) is 0.732. The van der Waals surface area contributed by atoms with Crippen LogP contribution in [0, 0.1) is 6.92 Å². The Kier molecular flexibility index (Phi) is 7.30. The Balaban J connectivity index is 1.45. The number of piperidine rings is 1. The number of rotatable bonds is 5. The molecule has 0 spiro atoms. The van der Waals surface area contributed by atoms with Crippen molar-refractivity contribution in [2.24, 2.45) is 0 Å². The summed E-state index contributed by atoms with van der Waals surface area (Å²) >= 11 is 0. The van der Waals surface area contributed by atoms with Gasteiger partial charge in [0.2, 0.25) is 5.56 Å². The first-order valence-electron chi connectivity index (χ1n) is 11.8. The number of methoxy groups -OCH3 is 1. The number of benzene rings is 1. The number of carbonyl (C=O) groups excluding carboxylic acids is 1. The molecule has 1 saturated heterocycles. The average Bonchev–Trinajstić information content (AvgIpc) is 2.84. The summed E-state index contributed by atoms with van der Waals surface area (Å²) in [5.74, 6) is 0.625. The van der Waals surface area contributed by atoms with Crippen molar-refractivity contribution in [3.05, 3.63) is 69.6 Å². The van der Waals surface area contributed by atoms with Gasteiger partial charge in [-0.05, 0) is 62.5 Å². The Hall–Kier alpha value is -2.60. The summed E-state index contributed by atoms with van der Waals surface area (Å²) in [6, 6.07) is 14.0. The molecule has 1 N–H and O–H groups in total. The zero-order valence-corrected chi connectivity index (χ0v) is 19.1. The molecule has 4 rings (SSSR count). The summed E-state index contributed by atoms with van der Waals surface area (Å²) < 4.78 is 11.5. The first-order chi connectivity index (χ1) is 15.6. The van der Waals surface area contributed by atoms with Gasteiger partial charge in [-0.15, -0.1) is 0 Å². The zero-order chi connectivity index (χ0) is 22.5. The first-order valence-corrected chi connectivity index (χ1v) is 11.8. The highest BCUT2D eigenvalue weighted by atomic mass is 16.5. The van der Waals surface area contributed by atoms with E-state index in [2.05, 4.69) is 35.3 Å². The van der Waals surface area contributed by atoms with Crippen molar-refractivity contribution in [3.63, 3.8) is 0 Å². The third-order valence-corrected chi connectivity index (χ3v) is 7.17. The lowest BCUT2D eigenvalue weighted by Crippen LogP contribution is -2.50. The van der Waals surface area contributed by atoms with Crippen molar-refractivity contribution < 1.29 is 14.3 Å². The number of amides is 1. The molecule has 6 heteroatoms. The first kappa shape index (κ1) is 22.6. The number of likely N-dealkylation sites (tertiary alicyclic amines) is 1. The van der Waals surface area contributed by atoms with Crippen LogP contribution in [0.1, 0.15) is 67.2 Å². The minimum Gasteiger partial charge on any atom is -0.453 e. The van der Waals surface area contributed by atoms with E-state index >= 15 is 0 Å². The van der Waals surface area contributed by atoms with Crippen LogP contribution in [0.5, 0.6) is 0 Å². The number of H-pyrrole nitrogens is 1. The van der Waals surface area contributed by atoms with E-state index in [1.165, 1.54) is 12.7 Å². The smallest absolute Gasteiger partial charge is 0.409 e. The van der Waals surface area contributed by atoms with Gasteiger partial charge in [0.1, 0.15) is 0 Å². The van der Waals surface area contributed by atoms with Crippen LogP contribution in [0.2, 0.25) is 0 Å². The zero-order valence-electron chi connectivity index (χ0n) is 19.1. The SMILES string of the molecule is COC(=O)N1CCC[C@H](c2[nH]c(=O)ccc2C)[C@@H]1COC1CCC(c2ccccc2)CC1. The number of hydrogen-bond acceptors (Lipinski definition) is 4. The molecule has 2 aliphatic rings. The summed E-state index contributed by atoms with van der Waals surface area (Å²) in [5, 5.41) is 0. The van der Waals surface area contributed by atoms with E-state index in [4.69, 9.17) is 9.47 Å². The molecule has 172 valence electrons. The number of aryl methyl sites for hydroxylation is 1. The minimum atomic E-state index is -0.327. The fraction of sp³-hybridized carbons (Fsp3) is 0.538. The Morgan fingerprint density at radius 2 is 1.81 bits per heavy atom. The second-order valence-electron chi connectivity index (χ2n) is 9.12. The number of nitrogens with one attached hydrogen (secondary N) is 1. The number of ether oxygens (including phenoxy) is 2. The van der Waals surface area contributed by atoms with Crippen molar-refractivity contribution >= 4 is 6.09 Å². The molecule has 2 fully saturated rings. The van der Waals surface area contributed by atoms with Crippen LogP contribution in [0.15, 0.2) is 47.3 Å². The predicted molar refractivity (Wildman–Crippen MR) is 124 cm³/mol. The molecule has 2 heterocycles. The molecule has 2 atom stereocenters. The van der Waals surface area contributed by atoms with Gasteiger partial charge in [0, 0.05) is 24.2 Å². The van der Waals surface area contributed by atoms with Crippen LogP contribution in [0.4, 0.5) is 4.79 Å². The van der Waals surface area contributed by atoms with Crippen LogP contribution >= 0.6 is 0 Å². The maximum atomic E-state index is 12.5. The number of aromatic amines is 1. The molecule has 1 aromatic heterocycles. The molecule has 1 amide bonds. The van der Waals surface area contributed by atoms with Gasteiger partial charge in [-0.3, -0.25) is 4.79 Å². The predicted octanol–water partition coefficient (Wildman–Crippen LogP) is 4.74. The lowest BCUT2D eigenvalue weighted by molar-refractivity contribution is -0.0243. The normalized spacial score (nSPS) is 26.0. The largest absolute Gasteiger partial charge is 0.453 e. The van der Waals surface area contributed by atoms with E-state index in [-0.39, 0.29) is 29.7 Å². The third-order valence-electron chi connectivity index (χ3n) is 7.17. The van der Waals surface area contributed by atoms with Crippen LogP contribution in [0.3, 0.4) is 0 Å². The fourth-order valence-electron chi connectivity index (χ4n) is 5.42. The van der Waals surface area contributed by atoms with Crippen molar-refractivity contribution in [3.8, 4) is 0 Å². The highest BCUT2D eigenvalue weighted by molar-refractivity contribution is 5.68. The van der Waals surface area contributed by atoms with E-state index in [1.807, 2.05) is 13.0 Å². The molecule has 0 unspecified atom stereocenters.